The second-order valence-electron chi connectivity index (χ2n) is 7.77. The lowest BCUT2D eigenvalue weighted by Gasteiger charge is -2.33. The smallest absolute Gasteiger partial charge is 0.307 e. The van der Waals surface area contributed by atoms with Gasteiger partial charge in [-0.2, -0.15) is 0 Å². The Morgan fingerprint density at radius 2 is 1.73 bits per heavy atom. The topological polar surface area (TPSA) is 78.9 Å². The van der Waals surface area contributed by atoms with Gasteiger partial charge >= 0.3 is 5.97 Å². The third kappa shape index (κ3) is 4.41. The molecule has 0 fully saturated rings. The number of aryl methyl sites for hydroxylation is 1. The van der Waals surface area contributed by atoms with Crippen LogP contribution in [0, 0.1) is 0 Å². The molecule has 2 aromatic rings. The number of esters is 1. The predicted molar refractivity (Wildman–Crippen MR) is 125 cm³/mol. The zero-order valence-corrected chi connectivity index (χ0v) is 19.7. The van der Waals surface area contributed by atoms with Crippen LogP contribution in [0.5, 0.6) is 5.75 Å². The number of hydrogen-bond donors (Lipinski definition) is 0. The van der Waals surface area contributed by atoms with E-state index in [1.54, 1.807) is 25.3 Å². The summed E-state index contributed by atoms with van der Waals surface area (Å²) in [5.74, 6) is -0.695. The molecule has 1 aliphatic carbocycles. The lowest BCUT2D eigenvalue weighted by molar-refractivity contribution is -0.168. The summed E-state index contributed by atoms with van der Waals surface area (Å²) in [7, 11) is 1.58. The maximum absolute atomic E-state index is 13.2. The van der Waals surface area contributed by atoms with Gasteiger partial charge in [0.2, 0.25) is 17.2 Å². The quantitative estimate of drug-likeness (QED) is 0.416. The molecule has 6 nitrogen and oxygen atoms in total. The Morgan fingerprint density at radius 1 is 1.03 bits per heavy atom. The number of halogens is 1. The highest BCUT2D eigenvalue weighted by atomic mass is 79.9. The average Bonchev–Trinajstić information content (AvgIpc) is 2.85. The molecular formula is C26H21BrO6. The fraction of sp³-hybridized carbons (Fsp3) is 0.192. The van der Waals surface area contributed by atoms with Crippen molar-refractivity contribution in [3.8, 4) is 5.75 Å². The number of methoxy groups -OCH3 is 1. The van der Waals surface area contributed by atoms with Gasteiger partial charge in [-0.1, -0.05) is 30.3 Å². The second-order valence-corrected chi connectivity index (χ2v) is 8.56. The van der Waals surface area contributed by atoms with Gasteiger partial charge in [0.05, 0.1) is 17.2 Å². The molecule has 1 atom stereocenters. The Balaban J connectivity index is 1.56. The van der Waals surface area contributed by atoms with Crippen LogP contribution in [0.15, 0.2) is 82.6 Å². The Bertz CT molecular complexity index is 1210. The van der Waals surface area contributed by atoms with Crippen LogP contribution >= 0.6 is 15.9 Å². The second kappa shape index (κ2) is 9.19. The summed E-state index contributed by atoms with van der Waals surface area (Å²) in [6.45, 7) is 1.32. The highest BCUT2D eigenvalue weighted by Gasteiger charge is 2.52. The largest absolute Gasteiger partial charge is 0.497 e. The molecule has 4 rings (SSSR count). The molecule has 1 heterocycles. The van der Waals surface area contributed by atoms with Crippen molar-refractivity contribution in [3.63, 3.8) is 0 Å². The van der Waals surface area contributed by atoms with Crippen molar-refractivity contribution in [2.75, 3.05) is 7.11 Å². The first-order chi connectivity index (χ1) is 15.8. The first kappa shape index (κ1) is 22.7. The molecule has 1 aliphatic heterocycles. The summed E-state index contributed by atoms with van der Waals surface area (Å²) in [5.41, 5.74) is 0.303. The summed E-state index contributed by atoms with van der Waals surface area (Å²) < 4.78 is 16.5. The molecule has 0 bridgehead atoms. The molecule has 2 aliphatic rings. The lowest BCUT2D eigenvalue weighted by Crippen LogP contribution is -2.51. The normalized spacial score (nSPS) is 19.8. The van der Waals surface area contributed by atoms with Crippen molar-refractivity contribution >= 4 is 39.2 Å². The summed E-state index contributed by atoms with van der Waals surface area (Å²) in [4.78, 5) is 38.9. The van der Waals surface area contributed by atoms with Crippen molar-refractivity contribution in [1.29, 1.82) is 0 Å². The van der Waals surface area contributed by atoms with Crippen molar-refractivity contribution in [2.24, 2.45) is 0 Å². The van der Waals surface area contributed by atoms with Crippen molar-refractivity contribution in [1.82, 2.24) is 0 Å². The van der Waals surface area contributed by atoms with Crippen molar-refractivity contribution < 1.29 is 28.6 Å². The van der Waals surface area contributed by atoms with Crippen LogP contribution in [0.3, 0.4) is 0 Å². The Labute approximate surface area is 199 Å². The minimum absolute atomic E-state index is 0.0470. The number of Topliss-reactive ketones (excluding diaryl/α,β-unsaturated/α-hetero) is 2. The van der Waals surface area contributed by atoms with Gasteiger partial charge in [0.1, 0.15) is 17.8 Å². The summed E-state index contributed by atoms with van der Waals surface area (Å²) in [6.07, 6.45) is 3.40. The molecule has 1 unspecified atom stereocenters. The fourth-order valence-corrected chi connectivity index (χ4v) is 4.35. The number of fused-ring (bicyclic) bond motifs is 1. The van der Waals surface area contributed by atoms with Crippen LogP contribution < -0.4 is 4.74 Å². The van der Waals surface area contributed by atoms with Crippen LogP contribution in [-0.2, 0) is 30.3 Å². The van der Waals surface area contributed by atoms with E-state index in [2.05, 4.69) is 15.9 Å². The van der Waals surface area contributed by atoms with Gasteiger partial charge in [-0.25, -0.2) is 0 Å². The zero-order valence-electron chi connectivity index (χ0n) is 18.1. The summed E-state index contributed by atoms with van der Waals surface area (Å²) >= 11 is 3.31. The van der Waals surface area contributed by atoms with E-state index >= 15 is 0 Å². The lowest BCUT2D eigenvalue weighted by atomic mass is 9.80. The molecule has 0 N–H and O–H groups in total. The van der Waals surface area contributed by atoms with E-state index in [0.29, 0.717) is 23.5 Å². The molecule has 0 aromatic heterocycles. The van der Waals surface area contributed by atoms with Crippen LogP contribution in [0.1, 0.15) is 24.5 Å². The minimum Gasteiger partial charge on any atom is -0.497 e. The molecule has 7 heteroatoms. The number of rotatable bonds is 6. The summed E-state index contributed by atoms with van der Waals surface area (Å²) in [6, 6.07) is 16.6. The molecule has 168 valence electrons. The molecule has 0 spiro atoms. The Morgan fingerprint density at radius 3 is 2.39 bits per heavy atom. The van der Waals surface area contributed by atoms with Gasteiger partial charge in [-0.3, -0.25) is 14.4 Å². The number of carbonyl (C=O) groups is 3. The fourth-order valence-electron chi connectivity index (χ4n) is 3.65. The number of carbonyl (C=O) groups excluding carboxylic acids is 3. The van der Waals surface area contributed by atoms with Gasteiger partial charge in [-0.15, -0.1) is 0 Å². The molecule has 0 amide bonds. The van der Waals surface area contributed by atoms with E-state index in [1.165, 1.54) is 13.2 Å². The maximum atomic E-state index is 13.2. The zero-order chi connectivity index (χ0) is 23.6. The van der Waals surface area contributed by atoms with Gasteiger partial charge in [0.15, 0.2) is 0 Å². The molecule has 2 aromatic carbocycles. The highest BCUT2D eigenvalue weighted by molar-refractivity contribution is 9.12. The average molecular weight is 509 g/mol. The van der Waals surface area contributed by atoms with Gasteiger partial charge < -0.3 is 14.2 Å². The molecular weight excluding hydrogens is 488 g/mol. The Hall–Kier alpha value is -3.45. The number of ether oxygens (including phenoxy) is 3. The van der Waals surface area contributed by atoms with Gasteiger partial charge in [0.25, 0.3) is 0 Å². The van der Waals surface area contributed by atoms with E-state index in [0.717, 1.165) is 11.1 Å². The van der Waals surface area contributed by atoms with Gasteiger partial charge in [0, 0.05) is 17.6 Å². The van der Waals surface area contributed by atoms with E-state index in [9.17, 15) is 14.4 Å². The van der Waals surface area contributed by atoms with Crippen molar-refractivity contribution in [3.05, 3.63) is 93.7 Å². The van der Waals surface area contributed by atoms with Gasteiger partial charge in [-0.05, 0) is 65.2 Å². The summed E-state index contributed by atoms with van der Waals surface area (Å²) in [5, 5.41) is 0. The number of allylic oxidation sites excluding steroid dienone is 2. The molecule has 0 radical (unpaired) electrons. The minimum atomic E-state index is -1.96. The Kier molecular flexibility index (Phi) is 6.33. The third-order valence-corrected chi connectivity index (χ3v) is 6.36. The molecule has 0 saturated carbocycles. The van der Waals surface area contributed by atoms with Crippen LogP contribution in [-0.4, -0.2) is 30.2 Å². The molecule has 0 saturated heterocycles. The third-order valence-electron chi connectivity index (χ3n) is 5.57. The van der Waals surface area contributed by atoms with E-state index in [4.69, 9.17) is 14.2 Å². The first-order valence-electron chi connectivity index (χ1n) is 10.3. The SMILES string of the molecule is COc1ccc(C2=CC3=C(Br)C(=O)C(C)(OC(=O)CCc4ccccc4)C(=O)C3=CO2)cc1. The molecule has 33 heavy (non-hydrogen) atoms. The first-order valence-corrected chi connectivity index (χ1v) is 11.1. The van der Waals surface area contributed by atoms with E-state index in [1.807, 2.05) is 42.5 Å². The van der Waals surface area contributed by atoms with E-state index < -0.39 is 23.1 Å². The monoisotopic (exact) mass is 508 g/mol. The van der Waals surface area contributed by atoms with Crippen LogP contribution in [0.2, 0.25) is 0 Å². The number of benzene rings is 2. The number of hydrogen-bond acceptors (Lipinski definition) is 6. The maximum Gasteiger partial charge on any atom is 0.307 e. The van der Waals surface area contributed by atoms with Crippen LogP contribution in [0.4, 0.5) is 0 Å². The number of ketones is 2. The van der Waals surface area contributed by atoms with Crippen molar-refractivity contribution in [2.45, 2.75) is 25.4 Å². The standard InChI is InChI=1S/C26H21BrO6/c1-26(33-22(28)13-8-16-6-4-3-5-7-16)24(29)20-15-32-21(14-19(20)23(27)25(26)30)17-9-11-18(31-2)12-10-17/h3-7,9-12,14-15H,8,13H2,1-2H3. The highest BCUT2D eigenvalue weighted by Crippen LogP contribution is 2.41. The van der Waals surface area contributed by atoms with Crippen LogP contribution in [0.25, 0.3) is 5.76 Å². The predicted octanol–water partition coefficient (Wildman–Crippen LogP) is 4.69. The van der Waals surface area contributed by atoms with E-state index in [-0.39, 0.29) is 16.5 Å².